The van der Waals surface area contributed by atoms with Gasteiger partial charge in [0, 0.05) is 12.1 Å². The van der Waals surface area contributed by atoms with Crippen LogP contribution in [0.15, 0.2) is 51.6 Å². The largest absolute Gasteiger partial charge is 0.461 e. The topological polar surface area (TPSA) is 81.2 Å². The highest BCUT2D eigenvalue weighted by Crippen LogP contribution is 2.23. The van der Waals surface area contributed by atoms with Crippen molar-refractivity contribution in [1.82, 2.24) is 10.1 Å². The smallest absolute Gasteiger partial charge is 0.238 e. The molecule has 3 aromatic rings. The zero-order valence-electron chi connectivity index (χ0n) is 14.6. The van der Waals surface area contributed by atoms with Gasteiger partial charge in [-0.05, 0) is 29.2 Å². The standard InChI is InChI=1S/C19H21N3O3/c1-19(2,3)12-16(23)20-14-8-5-4-7-13(14)11-17-21-18(22-25-17)15-9-6-10-24-15/h4-10H,11-12H2,1-3H3,(H,20,23). The quantitative estimate of drug-likeness (QED) is 0.749. The van der Waals surface area contributed by atoms with Crippen molar-refractivity contribution in [2.24, 2.45) is 5.41 Å². The number of nitrogens with one attached hydrogen (secondary N) is 1. The van der Waals surface area contributed by atoms with Crippen molar-refractivity contribution in [2.75, 3.05) is 5.32 Å². The molecule has 0 radical (unpaired) electrons. The molecule has 0 unspecified atom stereocenters. The average molecular weight is 339 g/mol. The summed E-state index contributed by atoms with van der Waals surface area (Å²) in [5.74, 6) is 1.42. The van der Waals surface area contributed by atoms with Gasteiger partial charge >= 0.3 is 0 Å². The van der Waals surface area contributed by atoms with Crippen LogP contribution in [0.3, 0.4) is 0 Å². The van der Waals surface area contributed by atoms with Gasteiger partial charge < -0.3 is 14.3 Å². The van der Waals surface area contributed by atoms with Crippen molar-refractivity contribution in [2.45, 2.75) is 33.6 Å². The Morgan fingerprint density at radius 2 is 1.96 bits per heavy atom. The molecule has 0 bridgehead atoms. The van der Waals surface area contributed by atoms with Gasteiger partial charge in [0.1, 0.15) is 0 Å². The minimum Gasteiger partial charge on any atom is -0.461 e. The summed E-state index contributed by atoms with van der Waals surface area (Å²) in [5, 5.41) is 6.90. The monoisotopic (exact) mass is 339 g/mol. The Kier molecular flexibility index (Phi) is 4.70. The summed E-state index contributed by atoms with van der Waals surface area (Å²) in [4.78, 5) is 16.6. The predicted molar refractivity (Wildman–Crippen MR) is 93.9 cm³/mol. The van der Waals surface area contributed by atoms with E-state index >= 15 is 0 Å². The fourth-order valence-electron chi connectivity index (χ4n) is 2.47. The molecule has 1 aromatic carbocycles. The Hall–Kier alpha value is -2.89. The lowest BCUT2D eigenvalue weighted by atomic mass is 9.92. The van der Waals surface area contributed by atoms with Gasteiger partial charge in [0.25, 0.3) is 0 Å². The van der Waals surface area contributed by atoms with Gasteiger partial charge in [-0.3, -0.25) is 4.79 Å². The zero-order chi connectivity index (χ0) is 17.9. The molecule has 1 amide bonds. The van der Waals surface area contributed by atoms with E-state index in [1.807, 2.05) is 45.0 Å². The van der Waals surface area contributed by atoms with Crippen LogP contribution in [0.25, 0.3) is 11.6 Å². The molecule has 25 heavy (non-hydrogen) atoms. The van der Waals surface area contributed by atoms with Crippen LogP contribution in [0.1, 0.15) is 38.6 Å². The summed E-state index contributed by atoms with van der Waals surface area (Å²) in [5.41, 5.74) is 1.61. The number of anilines is 1. The normalized spacial score (nSPS) is 11.5. The van der Waals surface area contributed by atoms with Crippen LogP contribution in [-0.4, -0.2) is 16.0 Å². The minimum atomic E-state index is -0.0660. The molecule has 2 heterocycles. The first-order valence-electron chi connectivity index (χ1n) is 8.15. The Morgan fingerprint density at radius 1 is 1.16 bits per heavy atom. The van der Waals surface area contributed by atoms with Crippen molar-refractivity contribution in [3.05, 3.63) is 54.1 Å². The third-order valence-corrected chi connectivity index (χ3v) is 3.53. The molecular weight excluding hydrogens is 318 g/mol. The number of carbonyl (C=O) groups excluding carboxylic acids is 1. The maximum Gasteiger partial charge on any atom is 0.238 e. The van der Waals surface area contributed by atoms with Crippen LogP contribution in [0, 0.1) is 5.41 Å². The van der Waals surface area contributed by atoms with Crippen molar-refractivity contribution in [1.29, 1.82) is 0 Å². The van der Waals surface area contributed by atoms with Gasteiger partial charge in [0.05, 0.1) is 12.7 Å². The van der Waals surface area contributed by atoms with E-state index in [4.69, 9.17) is 8.94 Å². The molecular formula is C19H21N3O3. The van der Waals surface area contributed by atoms with E-state index in [2.05, 4.69) is 15.5 Å². The lowest BCUT2D eigenvalue weighted by Gasteiger charge is -2.18. The second-order valence-corrected chi connectivity index (χ2v) is 7.11. The maximum absolute atomic E-state index is 12.2. The molecule has 130 valence electrons. The van der Waals surface area contributed by atoms with E-state index in [-0.39, 0.29) is 11.3 Å². The van der Waals surface area contributed by atoms with E-state index in [1.54, 1.807) is 18.4 Å². The Bertz CT molecular complexity index is 845. The summed E-state index contributed by atoms with van der Waals surface area (Å²) < 4.78 is 10.6. The SMILES string of the molecule is CC(C)(C)CC(=O)Nc1ccccc1Cc1nc(-c2ccco2)no1. The average Bonchev–Trinajstić information content (AvgIpc) is 3.18. The van der Waals surface area contributed by atoms with E-state index < -0.39 is 0 Å². The van der Waals surface area contributed by atoms with Crippen molar-refractivity contribution < 1.29 is 13.7 Å². The second-order valence-electron chi connectivity index (χ2n) is 7.11. The van der Waals surface area contributed by atoms with Gasteiger partial charge in [0.15, 0.2) is 5.76 Å². The van der Waals surface area contributed by atoms with E-state index in [1.165, 1.54) is 0 Å². The molecule has 2 aromatic heterocycles. The molecule has 0 aliphatic rings. The number of hydrogen-bond acceptors (Lipinski definition) is 5. The lowest BCUT2D eigenvalue weighted by Crippen LogP contribution is -2.20. The molecule has 0 aliphatic carbocycles. The van der Waals surface area contributed by atoms with Crippen LogP contribution >= 0.6 is 0 Å². The lowest BCUT2D eigenvalue weighted by molar-refractivity contribution is -0.117. The number of rotatable bonds is 5. The summed E-state index contributed by atoms with van der Waals surface area (Å²) >= 11 is 0. The summed E-state index contributed by atoms with van der Waals surface area (Å²) in [6.07, 6.45) is 2.44. The Balaban J connectivity index is 1.74. The molecule has 0 atom stereocenters. The molecule has 0 aliphatic heterocycles. The first kappa shape index (κ1) is 17.0. The number of amides is 1. The Labute approximate surface area is 146 Å². The van der Waals surface area contributed by atoms with Gasteiger partial charge in [-0.1, -0.05) is 44.1 Å². The van der Waals surface area contributed by atoms with Gasteiger partial charge in [-0.2, -0.15) is 4.98 Å². The molecule has 3 rings (SSSR count). The van der Waals surface area contributed by atoms with Crippen LogP contribution in [-0.2, 0) is 11.2 Å². The number of furan rings is 1. The van der Waals surface area contributed by atoms with Gasteiger partial charge in [-0.25, -0.2) is 0 Å². The highest BCUT2D eigenvalue weighted by Gasteiger charge is 2.18. The third kappa shape index (κ3) is 4.56. The second kappa shape index (κ2) is 6.93. The van der Waals surface area contributed by atoms with E-state index in [0.717, 1.165) is 11.3 Å². The number of hydrogen-bond donors (Lipinski definition) is 1. The highest BCUT2D eigenvalue weighted by molar-refractivity contribution is 5.91. The number of nitrogens with zero attached hydrogens (tertiary/aromatic N) is 2. The zero-order valence-corrected chi connectivity index (χ0v) is 14.6. The number of aromatic nitrogens is 2. The Morgan fingerprint density at radius 3 is 2.68 bits per heavy atom. The van der Waals surface area contributed by atoms with Gasteiger partial charge in [-0.15, -0.1) is 0 Å². The molecule has 0 saturated carbocycles. The molecule has 0 spiro atoms. The van der Waals surface area contributed by atoms with Crippen LogP contribution in [0.4, 0.5) is 5.69 Å². The molecule has 1 N–H and O–H groups in total. The summed E-state index contributed by atoms with van der Waals surface area (Å²) in [6.45, 7) is 6.10. The first-order valence-corrected chi connectivity index (χ1v) is 8.15. The fourth-order valence-corrected chi connectivity index (χ4v) is 2.47. The number of benzene rings is 1. The predicted octanol–water partition coefficient (Wildman–Crippen LogP) is 4.30. The van der Waals surface area contributed by atoms with Crippen LogP contribution in [0.2, 0.25) is 0 Å². The minimum absolute atomic E-state index is 0.0123. The molecule has 0 saturated heterocycles. The van der Waals surface area contributed by atoms with Crippen LogP contribution in [0.5, 0.6) is 0 Å². The van der Waals surface area contributed by atoms with E-state index in [9.17, 15) is 4.79 Å². The highest BCUT2D eigenvalue weighted by atomic mass is 16.5. The van der Waals surface area contributed by atoms with Crippen LogP contribution < -0.4 is 5.32 Å². The summed E-state index contributed by atoms with van der Waals surface area (Å²) in [6, 6.07) is 11.2. The molecule has 6 nitrogen and oxygen atoms in total. The number of para-hydroxylation sites is 1. The number of carbonyl (C=O) groups is 1. The fraction of sp³-hybridized carbons (Fsp3) is 0.316. The summed E-state index contributed by atoms with van der Waals surface area (Å²) in [7, 11) is 0. The maximum atomic E-state index is 12.2. The van der Waals surface area contributed by atoms with Crippen molar-refractivity contribution >= 4 is 11.6 Å². The van der Waals surface area contributed by atoms with Crippen molar-refractivity contribution in [3.63, 3.8) is 0 Å². The molecule has 0 fully saturated rings. The first-order chi connectivity index (χ1) is 11.9. The van der Waals surface area contributed by atoms with Gasteiger partial charge in [0.2, 0.25) is 17.6 Å². The van der Waals surface area contributed by atoms with E-state index in [0.29, 0.717) is 30.3 Å². The molecule has 6 heteroatoms. The third-order valence-electron chi connectivity index (χ3n) is 3.53. The van der Waals surface area contributed by atoms with Crippen molar-refractivity contribution in [3.8, 4) is 11.6 Å².